The zero-order chi connectivity index (χ0) is 70.6. The van der Waals surface area contributed by atoms with Crippen molar-refractivity contribution in [2.24, 2.45) is 20.7 Å². The molecule has 8 rings (SSSR count). The van der Waals surface area contributed by atoms with Gasteiger partial charge in [0.05, 0.1) is 73.7 Å². The average Bonchev–Trinajstić information content (AvgIpc) is 1.14. The van der Waals surface area contributed by atoms with E-state index in [0.717, 1.165) is 30.5 Å². The molecule has 0 aromatic heterocycles. The summed E-state index contributed by atoms with van der Waals surface area (Å²) < 4.78 is 115. The van der Waals surface area contributed by atoms with E-state index in [0.29, 0.717) is 17.2 Å². The molecule has 2 unspecified atom stereocenters. The fraction of sp³-hybridized carbons (Fsp3) is 0.529. The Hall–Kier alpha value is -7.61. The molecule has 11 atom stereocenters. The number of Topliss-reactive ketones (excluding diaryl/α,β-unsaturated/α-hetero) is 1. The zero-order valence-electron chi connectivity index (χ0n) is 57.0. The van der Waals surface area contributed by atoms with Crippen molar-refractivity contribution in [2.45, 2.75) is 134 Å². The summed E-state index contributed by atoms with van der Waals surface area (Å²) in [5.41, 5.74) is 5.85. The van der Waals surface area contributed by atoms with Crippen LogP contribution < -0.4 is 25.3 Å². The predicted molar refractivity (Wildman–Crippen MR) is 355 cm³/mol. The van der Waals surface area contributed by atoms with E-state index >= 15 is 4.57 Å². The first-order chi connectivity index (χ1) is 47.1. The fourth-order valence-electron chi connectivity index (χ4n) is 11.9. The van der Waals surface area contributed by atoms with Gasteiger partial charge in [0.25, 0.3) is 0 Å². The van der Waals surface area contributed by atoms with Gasteiger partial charge in [0, 0.05) is 46.9 Å². The second kappa shape index (κ2) is 35.9. The van der Waals surface area contributed by atoms with Crippen LogP contribution >= 0.6 is 7.75 Å². The Labute approximate surface area is 570 Å². The number of nitrogens with one attached hydrogen (secondary N) is 1. The number of carbonyl (C=O) groups excluding carboxylic acids is 5. The number of rotatable bonds is 38. The van der Waals surface area contributed by atoms with Gasteiger partial charge < -0.3 is 76.5 Å². The number of nitrogens with two attached hydrogens (primary N) is 1. The number of fused-ring (bicyclic) bond motifs is 1. The van der Waals surface area contributed by atoms with E-state index in [1.807, 2.05) is 113 Å². The Bertz CT molecular complexity index is 3350. The SMILES string of the molecule is COc1ccc(C(OC[C@H]2O[C@@H](N3CN=C4C3=NC=NC4(N)C(=O)COc3ccccc3)[C@H](OC)[C@@H]2OP(=O)(OCCOCCOCCOCCO[C@@H]2O[C@H](COC(C)=O)[C@H](OC(C)=O)[C@H](OC(C)=O)[C@H]2NC(C)=O)N(C(C)C)C(C)C)(c2ccccc2)c2ccc(OC)cc2)cc1. The summed E-state index contributed by atoms with van der Waals surface area (Å²) in [4.78, 5) is 77.9. The highest BCUT2D eigenvalue weighted by Gasteiger charge is 2.58. The van der Waals surface area contributed by atoms with Gasteiger partial charge in [-0.3, -0.25) is 43.7 Å². The number of benzene rings is 4. The summed E-state index contributed by atoms with van der Waals surface area (Å²) >= 11 is 0. The first kappa shape index (κ1) is 76.1. The second-order valence-corrected chi connectivity index (χ2v) is 25.4. The fourth-order valence-corrected chi connectivity index (χ4v) is 14.2. The molecule has 0 aliphatic carbocycles. The van der Waals surface area contributed by atoms with Crippen LogP contribution in [0, 0.1) is 0 Å². The third-order valence-corrected chi connectivity index (χ3v) is 18.6. The number of aliphatic imine (C=N–C) groups is 3. The number of amides is 1. The lowest BCUT2D eigenvalue weighted by Gasteiger charge is -2.44. The number of amidine groups is 1. The topological polar surface area (TPSA) is 332 Å². The molecule has 534 valence electrons. The number of para-hydroxylation sites is 1. The molecule has 3 N–H and O–H groups in total. The molecule has 2 fully saturated rings. The number of nitrogens with zero attached hydrogens (tertiary/aromatic N) is 5. The van der Waals surface area contributed by atoms with E-state index in [9.17, 15) is 24.0 Å². The quantitative estimate of drug-likeness (QED) is 0.0182. The van der Waals surface area contributed by atoms with Crippen molar-refractivity contribution in [1.82, 2.24) is 14.9 Å². The Morgan fingerprint density at radius 3 is 1.74 bits per heavy atom. The molecular formula is C68H90N7O22P. The van der Waals surface area contributed by atoms with Crippen molar-refractivity contribution >= 4 is 55.2 Å². The predicted octanol–water partition coefficient (Wildman–Crippen LogP) is 5.56. The summed E-state index contributed by atoms with van der Waals surface area (Å²) in [5.74, 6) is -1.30. The molecule has 4 aromatic carbocycles. The lowest BCUT2D eigenvalue weighted by Crippen LogP contribution is -2.66. The summed E-state index contributed by atoms with van der Waals surface area (Å²) in [6.45, 7) is 11.4. The second-order valence-electron chi connectivity index (χ2n) is 23.6. The van der Waals surface area contributed by atoms with Crippen molar-refractivity contribution < 1.29 is 104 Å². The maximum absolute atomic E-state index is 16.1. The molecule has 98 heavy (non-hydrogen) atoms. The van der Waals surface area contributed by atoms with Crippen LogP contribution in [0.3, 0.4) is 0 Å². The third-order valence-electron chi connectivity index (χ3n) is 16.1. The summed E-state index contributed by atoms with van der Waals surface area (Å²) in [5, 5.41) is 2.65. The van der Waals surface area contributed by atoms with E-state index in [-0.39, 0.29) is 84.3 Å². The molecule has 4 aliphatic heterocycles. The van der Waals surface area contributed by atoms with Crippen molar-refractivity contribution in [3.05, 3.63) is 126 Å². The number of hydrogen-bond acceptors (Lipinski definition) is 27. The van der Waals surface area contributed by atoms with Gasteiger partial charge in [0.1, 0.15) is 78.6 Å². The minimum atomic E-state index is -4.42. The van der Waals surface area contributed by atoms with Crippen molar-refractivity contribution in [2.75, 3.05) is 101 Å². The van der Waals surface area contributed by atoms with Gasteiger partial charge in [-0.05, 0) is 80.8 Å². The highest BCUT2D eigenvalue weighted by molar-refractivity contribution is 7.51. The Morgan fingerprint density at radius 2 is 1.20 bits per heavy atom. The van der Waals surface area contributed by atoms with Crippen LogP contribution in [0.2, 0.25) is 0 Å². The van der Waals surface area contributed by atoms with E-state index in [2.05, 4.69) is 15.3 Å². The summed E-state index contributed by atoms with van der Waals surface area (Å²) in [6, 6.07) is 31.7. The molecule has 0 spiro atoms. The molecule has 1 amide bonds. The van der Waals surface area contributed by atoms with E-state index in [1.165, 1.54) is 27.3 Å². The molecule has 29 nitrogen and oxygen atoms in total. The summed E-state index contributed by atoms with van der Waals surface area (Å²) in [7, 11) is 0.240. The Kier molecular flexibility index (Phi) is 27.9. The van der Waals surface area contributed by atoms with Crippen LogP contribution in [0.15, 0.2) is 124 Å². The van der Waals surface area contributed by atoms with Gasteiger partial charge in [0.2, 0.25) is 17.4 Å². The smallest absolute Gasteiger partial charge is 0.409 e. The molecule has 0 radical (unpaired) electrons. The number of carbonyl (C=O) groups is 5. The molecule has 4 aliphatic rings. The van der Waals surface area contributed by atoms with Gasteiger partial charge in [-0.2, -0.15) is 0 Å². The highest BCUT2D eigenvalue weighted by atomic mass is 31.2. The Morgan fingerprint density at radius 1 is 0.663 bits per heavy atom. The van der Waals surface area contributed by atoms with E-state index in [1.54, 1.807) is 48.1 Å². The number of methoxy groups -OCH3 is 3. The van der Waals surface area contributed by atoms with Gasteiger partial charge >= 0.3 is 25.7 Å². The van der Waals surface area contributed by atoms with Gasteiger partial charge in [-0.1, -0.05) is 72.8 Å². The minimum Gasteiger partial charge on any atom is -0.497 e. The number of hydrogen-bond donors (Lipinski definition) is 2. The zero-order valence-corrected chi connectivity index (χ0v) is 57.9. The van der Waals surface area contributed by atoms with E-state index in [4.69, 9.17) is 86.1 Å². The van der Waals surface area contributed by atoms with Crippen LogP contribution in [0.5, 0.6) is 17.2 Å². The van der Waals surface area contributed by atoms with Crippen LogP contribution in [0.1, 0.15) is 72.1 Å². The normalized spacial score (nSPS) is 23.5. The first-order valence-corrected chi connectivity index (χ1v) is 33.6. The average molecular weight is 1390 g/mol. The van der Waals surface area contributed by atoms with Gasteiger partial charge in [-0.25, -0.2) is 19.2 Å². The molecule has 4 aromatic rings. The van der Waals surface area contributed by atoms with Crippen molar-refractivity contribution in [1.29, 1.82) is 0 Å². The summed E-state index contributed by atoms with van der Waals surface area (Å²) in [6.07, 6.45) is -8.22. The van der Waals surface area contributed by atoms with Crippen LogP contribution in [-0.4, -0.2) is 231 Å². The van der Waals surface area contributed by atoms with E-state index < -0.39 is 122 Å². The lowest BCUT2D eigenvalue weighted by atomic mass is 9.80. The molecule has 4 heterocycles. The number of ether oxygens (including phenoxy) is 14. The van der Waals surface area contributed by atoms with Gasteiger partial charge in [0.15, 0.2) is 37.2 Å². The monoisotopic (exact) mass is 1390 g/mol. The molecule has 2 saturated heterocycles. The Balaban J connectivity index is 0.964. The van der Waals surface area contributed by atoms with Crippen LogP contribution in [0.25, 0.3) is 0 Å². The van der Waals surface area contributed by atoms with Crippen molar-refractivity contribution in [3.8, 4) is 17.2 Å². The largest absolute Gasteiger partial charge is 0.497 e. The highest BCUT2D eigenvalue weighted by Crippen LogP contribution is 2.57. The molecular weight excluding hydrogens is 1300 g/mol. The number of esters is 3. The maximum atomic E-state index is 16.1. The third kappa shape index (κ3) is 19.0. The standard InChI is InChI=1S/C68H90N7O22P/c1-43(2)75(44(3)4)98(81,92-37-35-87-33-31-85-30-32-86-34-36-88-66-58(73-45(5)76)61(94-48(8)79)59(93-47(7)78)55(96-66)38-89-46(6)77)97-60-56(39-91-67(49-18-14-12-15-19-49,50-22-26-52(82-9)27-23-50)51-24-28-53(83-10)29-25-51)95-65(62(60)84-11)74-42-71-63-64(74)70-41-72-68(63,69)57(80)40-90-54-20-16-13-17-21-54/h12-29,41,43-44,55-56,58-62,65-66H,30-40,42,69H2,1-11H3,(H,73,76)/t55-,56-,58-,59+,60-,61-,62-,65-,66-,68?,98?/m1/s1. The molecule has 0 bridgehead atoms. The van der Waals surface area contributed by atoms with Gasteiger partial charge in [-0.15, -0.1) is 0 Å². The minimum absolute atomic E-state index is 0.0302. The van der Waals surface area contributed by atoms with Crippen molar-refractivity contribution in [3.63, 3.8) is 0 Å². The maximum Gasteiger partial charge on any atom is 0.409 e. The first-order valence-electron chi connectivity index (χ1n) is 32.1. The molecule has 30 heteroatoms. The van der Waals surface area contributed by atoms with Crippen LogP contribution in [0.4, 0.5) is 0 Å². The number of ketones is 1. The molecule has 0 saturated carbocycles. The lowest BCUT2D eigenvalue weighted by molar-refractivity contribution is -0.279. The van der Waals surface area contributed by atoms with Crippen LogP contribution in [-0.2, 0) is 95.3 Å².